The molecule has 5 heteroatoms. The summed E-state index contributed by atoms with van der Waals surface area (Å²) in [6.45, 7) is 15.6. The van der Waals surface area contributed by atoms with Crippen molar-refractivity contribution < 1.29 is 9.90 Å². The van der Waals surface area contributed by atoms with Gasteiger partial charge in [0.05, 0.1) is 11.6 Å². The Labute approximate surface area is 211 Å². The fourth-order valence-corrected chi connectivity index (χ4v) is 5.76. The Kier molecular flexibility index (Phi) is 7.58. The Hall–Kier alpha value is -2.37. The minimum atomic E-state index is -0.297. The summed E-state index contributed by atoms with van der Waals surface area (Å²) in [6, 6.07) is 16.5. The van der Waals surface area contributed by atoms with Gasteiger partial charge in [0.25, 0.3) is 0 Å². The van der Waals surface area contributed by atoms with E-state index in [-0.39, 0.29) is 22.7 Å². The first-order valence-corrected chi connectivity index (χ1v) is 13.2. The summed E-state index contributed by atoms with van der Waals surface area (Å²) in [6.07, 6.45) is 2.84. The molecule has 2 atom stereocenters. The third-order valence-electron chi connectivity index (χ3n) is 8.52. The number of rotatable bonds is 5. The maximum absolute atomic E-state index is 13.7. The van der Waals surface area contributed by atoms with Crippen molar-refractivity contribution in [1.29, 1.82) is 0 Å². The van der Waals surface area contributed by atoms with E-state index in [1.54, 1.807) is 12.1 Å². The molecule has 2 fully saturated rings. The molecule has 0 aromatic heterocycles. The Bertz CT molecular complexity index is 944. The Morgan fingerprint density at radius 2 is 1.60 bits per heavy atom. The third kappa shape index (κ3) is 5.57. The smallest absolute Gasteiger partial charge is 0.223 e. The van der Waals surface area contributed by atoms with Crippen molar-refractivity contribution in [1.82, 2.24) is 15.1 Å². The first kappa shape index (κ1) is 25.7. The monoisotopic (exact) mass is 477 g/mol. The Morgan fingerprint density at radius 3 is 2.17 bits per heavy atom. The zero-order valence-electron chi connectivity index (χ0n) is 22.2. The largest absolute Gasteiger partial charge is 0.508 e. The van der Waals surface area contributed by atoms with Gasteiger partial charge in [0.2, 0.25) is 5.91 Å². The molecule has 2 N–H and O–H groups in total. The number of carbonyl (C=O) groups is 1. The predicted octanol–water partition coefficient (Wildman–Crippen LogP) is 5.13. The first-order valence-electron chi connectivity index (χ1n) is 13.2. The van der Waals surface area contributed by atoms with Crippen LogP contribution in [0.4, 0.5) is 0 Å². The highest BCUT2D eigenvalue weighted by molar-refractivity contribution is 5.77. The van der Waals surface area contributed by atoms with Crippen LogP contribution in [0.15, 0.2) is 48.5 Å². The lowest BCUT2D eigenvalue weighted by molar-refractivity contribution is -0.151. The van der Waals surface area contributed by atoms with E-state index in [0.29, 0.717) is 18.2 Å². The number of piperazine rings is 1. The van der Waals surface area contributed by atoms with Crippen molar-refractivity contribution in [2.24, 2.45) is 11.3 Å². The minimum absolute atomic E-state index is 0.0690. The van der Waals surface area contributed by atoms with Crippen LogP contribution >= 0.6 is 0 Å². The average Bonchev–Trinajstić information content (AvgIpc) is 2.82. The molecule has 0 aliphatic carbocycles. The molecular weight excluding hydrogens is 434 g/mol. The normalized spacial score (nSPS) is 23.3. The van der Waals surface area contributed by atoms with Gasteiger partial charge in [-0.15, -0.1) is 0 Å². The predicted molar refractivity (Wildman–Crippen MR) is 142 cm³/mol. The first-order chi connectivity index (χ1) is 16.6. The van der Waals surface area contributed by atoms with Crippen LogP contribution in [0.2, 0.25) is 0 Å². The fourth-order valence-electron chi connectivity index (χ4n) is 5.76. The van der Waals surface area contributed by atoms with E-state index >= 15 is 0 Å². The van der Waals surface area contributed by atoms with Gasteiger partial charge in [0.15, 0.2) is 0 Å². The van der Waals surface area contributed by atoms with Crippen molar-refractivity contribution >= 4 is 5.91 Å². The number of phenols is 1. The van der Waals surface area contributed by atoms with Gasteiger partial charge in [-0.2, -0.15) is 0 Å². The molecule has 0 radical (unpaired) electrons. The second kappa shape index (κ2) is 10.3. The summed E-state index contributed by atoms with van der Waals surface area (Å²) in [5, 5.41) is 13.3. The van der Waals surface area contributed by atoms with Crippen LogP contribution in [0.3, 0.4) is 0 Å². The molecule has 2 aliphatic rings. The zero-order valence-corrected chi connectivity index (χ0v) is 22.2. The molecule has 5 nitrogen and oxygen atoms in total. The van der Waals surface area contributed by atoms with E-state index in [0.717, 1.165) is 51.1 Å². The Balaban J connectivity index is 1.64. The molecule has 190 valence electrons. The van der Waals surface area contributed by atoms with E-state index in [1.807, 2.05) is 12.1 Å². The molecule has 35 heavy (non-hydrogen) atoms. The van der Waals surface area contributed by atoms with Crippen LogP contribution in [0.25, 0.3) is 0 Å². The fraction of sp³-hybridized carbons (Fsp3) is 0.567. The molecule has 0 saturated carbocycles. The van der Waals surface area contributed by atoms with Crippen LogP contribution in [-0.4, -0.2) is 59.1 Å². The molecule has 4 rings (SSSR count). The van der Waals surface area contributed by atoms with E-state index < -0.39 is 0 Å². The standard InChI is InChI=1S/C30H43N3O2/c1-22-6-8-24(9-7-22)28(25-10-12-26(34)13-11-25)32-18-19-33(30(5,21-32)29(2,3)4)27(35)20-23-14-16-31-17-15-23/h6-13,23,28,31,34H,14-21H2,1-5H3. The number of aryl methyl sites for hydroxylation is 1. The number of phenolic OH excluding ortho intramolecular Hbond substituents is 1. The summed E-state index contributed by atoms with van der Waals surface area (Å²) in [5.74, 6) is 1.08. The highest BCUT2D eigenvalue weighted by atomic mass is 16.3. The van der Waals surface area contributed by atoms with Crippen LogP contribution in [0.1, 0.15) is 69.7 Å². The summed E-state index contributed by atoms with van der Waals surface area (Å²) >= 11 is 0. The Morgan fingerprint density at radius 1 is 1.03 bits per heavy atom. The number of hydrogen-bond donors (Lipinski definition) is 2. The molecule has 2 aromatic carbocycles. The highest BCUT2D eigenvalue weighted by Gasteiger charge is 2.49. The van der Waals surface area contributed by atoms with E-state index in [1.165, 1.54) is 11.1 Å². The molecule has 2 unspecified atom stereocenters. The van der Waals surface area contributed by atoms with Crippen molar-refractivity contribution in [3.05, 3.63) is 65.2 Å². The molecule has 2 heterocycles. The van der Waals surface area contributed by atoms with Gasteiger partial charge < -0.3 is 15.3 Å². The van der Waals surface area contributed by atoms with Gasteiger partial charge in [0.1, 0.15) is 5.75 Å². The quantitative estimate of drug-likeness (QED) is 0.627. The topological polar surface area (TPSA) is 55.8 Å². The zero-order chi connectivity index (χ0) is 25.2. The molecule has 2 aromatic rings. The summed E-state index contributed by atoms with van der Waals surface area (Å²) in [5.41, 5.74) is 3.27. The van der Waals surface area contributed by atoms with Crippen molar-refractivity contribution in [3.8, 4) is 5.75 Å². The van der Waals surface area contributed by atoms with Crippen molar-refractivity contribution in [2.45, 2.75) is 65.5 Å². The van der Waals surface area contributed by atoms with Crippen LogP contribution < -0.4 is 5.32 Å². The second-order valence-corrected chi connectivity index (χ2v) is 11.8. The van der Waals surface area contributed by atoms with Crippen LogP contribution in [-0.2, 0) is 4.79 Å². The van der Waals surface area contributed by atoms with Crippen molar-refractivity contribution in [3.63, 3.8) is 0 Å². The van der Waals surface area contributed by atoms with Gasteiger partial charge in [-0.1, -0.05) is 62.7 Å². The van der Waals surface area contributed by atoms with E-state index in [2.05, 4.69) is 74.0 Å². The number of nitrogens with one attached hydrogen (secondary N) is 1. The average molecular weight is 478 g/mol. The molecular formula is C30H43N3O2. The lowest BCUT2D eigenvalue weighted by Crippen LogP contribution is -2.68. The van der Waals surface area contributed by atoms with Gasteiger partial charge >= 0.3 is 0 Å². The highest BCUT2D eigenvalue weighted by Crippen LogP contribution is 2.42. The number of nitrogens with zero attached hydrogens (tertiary/aromatic N) is 2. The maximum atomic E-state index is 13.7. The SMILES string of the molecule is Cc1ccc(C(c2ccc(O)cc2)N2CCN(C(=O)CC3CCNCC3)C(C)(C(C)(C)C)C2)cc1. The number of amides is 1. The van der Waals surface area contributed by atoms with Gasteiger partial charge in [-0.25, -0.2) is 0 Å². The molecule has 2 aliphatic heterocycles. The number of hydrogen-bond acceptors (Lipinski definition) is 4. The molecule has 2 saturated heterocycles. The minimum Gasteiger partial charge on any atom is -0.508 e. The lowest BCUT2D eigenvalue weighted by atomic mass is 9.71. The number of aromatic hydroxyl groups is 1. The second-order valence-electron chi connectivity index (χ2n) is 11.8. The van der Waals surface area contributed by atoms with Gasteiger partial charge in [-0.05, 0) is 74.4 Å². The molecule has 1 amide bonds. The number of benzene rings is 2. The summed E-state index contributed by atoms with van der Waals surface area (Å²) in [4.78, 5) is 18.4. The van der Waals surface area contributed by atoms with Gasteiger partial charge in [0, 0.05) is 26.1 Å². The van der Waals surface area contributed by atoms with Crippen LogP contribution in [0, 0.1) is 18.3 Å². The van der Waals surface area contributed by atoms with Gasteiger partial charge in [-0.3, -0.25) is 9.69 Å². The number of piperidine rings is 1. The number of carbonyl (C=O) groups excluding carboxylic acids is 1. The third-order valence-corrected chi connectivity index (χ3v) is 8.52. The van der Waals surface area contributed by atoms with E-state index in [4.69, 9.17) is 0 Å². The molecule has 0 bridgehead atoms. The van der Waals surface area contributed by atoms with Crippen molar-refractivity contribution in [2.75, 3.05) is 32.7 Å². The maximum Gasteiger partial charge on any atom is 0.223 e. The van der Waals surface area contributed by atoms with Crippen LogP contribution in [0.5, 0.6) is 5.75 Å². The summed E-state index contributed by atoms with van der Waals surface area (Å²) in [7, 11) is 0. The molecule has 0 spiro atoms. The van der Waals surface area contributed by atoms with E-state index in [9.17, 15) is 9.90 Å². The summed E-state index contributed by atoms with van der Waals surface area (Å²) < 4.78 is 0. The lowest BCUT2D eigenvalue weighted by Gasteiger charge is -2.57.